The Morgan fingerprint density at radius 1 is 1.58 bits per heavy atom. The summed E-state index contributed by atoms with van der Waals surface area (Å²) in [6, 6.07) is 5.08. The third kappa shape index (κ3) is 3.13. The number of benzene rings is 1. The third-order valence-electron chi connectivity index (χ3n) is 3.91. The van der Waals surface area contributed by atoms with Crippen LogP contribution in [0.4, 0.5) is 4.39 Å². The van der Waals surface area contributed by atoms with Crippen LogP contribution in [0.1, 0.15) is 36.9 Å². The van der Waals surface area contributed by atoms with Crippen molar-refractivity contribution >= 4 is 5.97 Å². The smallest absolute Gasteiger partial charge is 0.307 e. The Kier molecular flexibility index (Phi) is 4.20. The monoisotopic (exact) mass is 265 g/mol. The summed E-state index contributed by atoms with van der Waals surface area (Å²) in [7, 11) is 1.92. The third-order valence-corrected chi connectivity index (χ3v) is 3.91. The van der Waals surface area contributed by atoms with Gasteiger partial charge in [-0.25, -0.2) is 4.39 Å². The van der Waals surface area contributed by atoms with E-state index in [1.54, 1.807) is 13.0 Å². The molecule has 1 aromatic carbocycles. The van der Waals surface area contributed by atoms with Crippen molar-refractivity contribution in [2.24, 2.45) is 5.92 Å². The van der Waals surface area contributed by atoms with Gasteiger partial charge in [-0.3, -0.25) is 9.69 Å². The van der Waals surface area contributed by atoms with E-state index in [1.807, 2.05) is 18.0 Å². The lowest BCUT2D eigenvalue weighted by molar-refractivity contribution is -0.141. The lowest BCUT2D eigenvalue weighted by atomic mass is 9.86. The van der Waals surface area contributed by atoms with E-state index in [0.29, 0.717) is 6.54 Å². The maximum absolute atomic E-state index is 13.4. The molecular formula is C15H20FNO2. The van der Waals surface area contributed by atoms with Gasteiger partial charge >= 0.3 is 5.97 Å². The molecule has 1 N–H and O–H groups in total. The van der Waals surface area contributed by atoms with Crippen LogP contribution in [-0.2, 0) is 11.2 Å². The number of halogens is 1. The Balaban J connectivity index is 2.18. The van der Waals surface area contributed by atoms with Crippen molar-refractivity contribution in [2.45, 2.75) is 32.2 Å². The number of aliphatic carboxylic acids is 1. The molecule has 0 fully saturated rings. The standard InChI is InChI=1S/C15H20FNO2/c1-10(15(18)19)9-17(2)14-5-3-4-11-6-7-12(16)8-13(11)14/h6-8,10,14H,3-5,9H2,1-2H3,(H,18,19). The number of carboxylic acid groups (broad SMARTS) is 1. The summed E-state index contributed by atoms with van der Waals surface area (Å²) < 4.78 is 13.4. The molecule has 19 heavy (non-hydrogen) atoms. The van der Waals surface area contributed by atoms with E-state index in [9.17, 15) is 9.18 Å². The van der Waals surface area contributed by atoms with E-state index in [0.717, 1.165) is 24.8 Å². The van der Waals surface area contributed by atoms with Gasteiger partial charge < -0.3 is 5.11 Å². The number of nitrogens with zero attached hydrogens (tertiary/aromatic N) is 1. The molecule has 0 bridgehead atoms. The molecular weight excluding hydrogens is 245 g/mol. The van der Waals surface area contributed by atoms with Crippen LogP contribution in [0.5, 0.6) is 0 Å². The summed E-state index contributed by atoms with van der Waals surface area (Å²) in [5, 5.41) is 8.98. The molecule has 0 spiro atoms. The molecule has 2 rings (SSSR count). The molecule has 3 nitrogen and oxygen atoms in total. The molecule has 0 amide bonds. The minimum absolute atomic E-state index is 0.126. The van der Waals surface area contributed by atoms with Gasteiger partial charge in [-0.05, 0) is 49.6 Å². The van der Waals surface area contributed by atoms with Crippen molar-refractivity contribution in [2.75, 3.05) is 13.6 Å². The highest BCUT2D eigenvalue weighted by Gasteiger charge is 2.26. The average molecular weight is 265 g/mol. The Morgan fingerprint density at radius 2 is 2.32 bits per heavy atom. The summed E-state index contributed by atoms with van der Waals surface area (Å²) in [5.41, 5.74) is 2.21. The predicted molar refractivity (Wildman–Crippen MR) is 71.5 cm³/mol. The van der Waals surface area contributed by atoms with E-state index in [2.05, 4.69) is 0 Å². The van der Waals surface area contributed by atoms with Crippen LogP contribution in [0.25, 0.3) is 0 Å². The van der Waals surface area contributed by atoms with Crippen LogP contribution in [0, 0.1) is 11.7 Å². The quantitative estimate of drug-likeness (QED) is 0.910. The molecule has 1 aliphatic rings. The second-order valence-corrected chi connectivity index (χ2v) is 5.43. The lowest BCUT2D eigenvalue weighted by Gasteiger charge is -2.34. The molecule has 0 aliphatic heterocycles. The van der Waals surface area contributed by atoms with Crippen LogP contribution >= 0.6 is 0 Å². The number of hydrogen-bond acceptors (Lipinski definition) is 2. The van der Waals surface area contributed by atoms with Gasteiger partial charge in [0.1, 0.15) is 5.82 Å². The molecule has 4 heteroatoms. The zero-order valence-electron chi connectivity index (χ0n) is 11.4. The molecule has 0 radical (unpaired) electrons. The topological polar surface area (TPSA) is 40.5 Å². The summed E-state index contributed by atoms with van der Waals surface area (Å²) in [4.78, 5) is 13.0. The van der Waals surface area contributed by atoms with Crippen LogP contribution in [-0.4, -0.2) is 29.6 Å². The highest BCUT2D eigenvalue weighted by Crippen LogP contribution is 2.34. The number of fused-ring (bicyclic) bond motifs is 1. The maximum Gasteiger partial charge on any atom is 0.307 e. The van der Waals surface area contributed by atoms with E-state index < -0.39 is 11.9 Å². The van der Waals surface area contributed by atoms with E-state index in [4.69, 9.17) is 5.11 Å². The molecule has 0 saturated carbocycles. The summed E-state index contributed by atoms with van der Waals surface area (Å²) in [6.45, 7) is 2.18. The van der Waals surface area contributed by atoms with Gasteiger partial charge in [0.15, 0.2) is 0 Å². The fourth-order valence-corrected chi connectivity index (χ4v) is 2.84. The highest BCUT2D eigenvalue weighted by molar-refractivity contribution is 5.69. The van der Waals surface area contributed by atoms with Gasteiger partial charge in [0.05, 0.1) is 5.92 Å². The molecule has 2 unspecified atom stereocenters. The Bertz CT molecular complexity index is 475. The summed E-state index contributed by atoms with van der Waals surface area (Å²) in [6.07, 6.45) is 3.00. The molecule has 0 heterocycles. The minimum atomic E-state index is -0.790. The van der Waals surface area contributed by atoms with Crippen LogP contribution < -0.4 is 0 Å². The second kappa shape index (κ2) is 5.70. The van der Waals surface area contributed by atoms with Crippen molar-refractivity contribution < 1.29 is 14.3 Å². The number of rotatable bonds is 4. The Morgan fingerprint density at radius 3 is 3.00 bits per heavy atom. The first-order valence-electron chi connectivity index (χ1n) is 6.70. The number of carboxylic acids is 1. The fourth-order valence-electron chi connectivity index (χ4n) is 2.84. The number of hydrogen-bond donors (Lipinski definition) is 1. The SMILES string of the molecule is CC(CN(C)C1CCCc2ccc(F)cc21)C(=O)O. The van der Waals surface area contributed by atoms with Crippen molar-refractivity contribution in [3.8, 4) is 0 Å². The largest absolute Gasteiger partial charge is 0.481 e. The predicted octanol–water partition coefficient (Wildman–Crippen LogP) is 2.86. The van der Waals surface area contributed by atoms with Gasteiger partial charge in [0.2, 0.25) is 0 Å². The van der Waals surface area contributed by atoms with Gasteiger partial charge in [0, 0.05) is 12.6 Å². The second-order valence-electron chi connectivity index (χ2n) is 5.43. The molecule has 2 atom stereocenters. The Hall–Kier alpha value is -1.42. The van der Waals surface area contributed by atoms with Gasteiger partial charge in [-0.1, -0.05) is 13.0 Å². The van der Waals surface area contributed by atoms with Crippen LogP contribution in [0.3, 0.4) is 0 Å². The van der Waals surface area contributed by atoms with Gasteiger partial charge in [-0.2, -0.15) is 0 Å². The molecule has 104 valence electrons. The molecule has 0 aromatic heterocycles. The van der Waals surface area contributed by atoms with Gasteiger partial charge in [0.25, 0.3) is 0 Å². The maximum atomic E-state index is 13.4. The molecule has 0 saturated heterocycles. The zero-order valence-corrected chi connectivity index (χ0v) is 11.4. The first-order chi connectivity index (χ1) is 8.99. The van der Waals surface area contributed by atoms with E-state index >= 15 is 0 Å². The molecule has 1 aliphatic carbocycles. The van der Waals surface area contributed by atoms with Crippen molar-refractivity contribution in [1.82, 2.24) is 4.90 Å². The summed E-state index contributed by atoms with van der Waals surface area (Å²) in [5.74, 6) is -1.42. The first-order valence-corrected chi connectivity index (χ1v) is 6.70. The average Bonchev–Trinajstić information content (AvgIpc) is 2.37. The van der Waals surface area contributed by atoms with Crippen LogP contribution in [0.15, 0.2) is 18.2 Å². The number of carbonyl (C=O) groups is 1. The van der Waals surface area contributed by atoms with Crippen molar-refractivity contribution in [1.29, 1.82) is 0 Å². The van der Waals surface area contributed by atoms with Crippen molar-refractivity contribution in [3.63, 3.8) is 0 Å². The minimum Gasteiger partial charge on any atom is -0.481 e. The zero-order chi connectivity index (χ0) is 14.0. The van der Waals surface area contributed by atoms with Crippen LogP contribution in [0.2, 0.25) is 0 Å². The fraction of sp³-hybridized carbons (Fsp3) is 0.533. The van der Waals surface area contributed by atoms with Crippen molar-refractivity contribution in [3.05, 3.63) is 35.1 Å². The first kappa shape index (κ1) is 14.0. The van der Waals surface area contributed by atoms with Gasteiger partial charge in [-0.15, -0.1) is 0 Å². The summed E-state index contributed by atoms with van der Waals surface area (Å²) >= 11 is 0. The molecule has 1 aromatic rings. The normalized spacial score (nSPS) is 20.1. The highest BCUT2D eigenvalue weighted by atomic mass is 19.1. The Labute approximate surface area is 113 Å². The van der Waals surface area contributed by atoms with E-state index in [1.165, 1.54) is 11.6 Å². The van der Waals surface area contributed by atoms with E-state index in [-0.39, 0.29) is 11.9 Å². The lowest BCUT2D eigenvalue weighted by Crippen LogP contribution is -2.33. The number of aryl methyl sites for hydroxylation is 1.